The quantitative estimate of drug-likeness (QED) is 0.483. The molecule has 0 fully saturated rings. The average Bonchev–Trinajstić information content (AvgIpc) is 3.14. The van der Waals surface area contributed by atoms with Crippen molar-refractivity contribution in [3.8, 4) is 0 Å². The maximum absolute atomic E-state index is 13.0. The Balaban J connectivity index is 1.49. The third-order valence-corrected chi connectivity index (χ3v) is 6.72. The second kappa shape index (κ2) is 9.82. The Morgan fingerprint density at radius 2 is 1.77 bits per heavy atom. The van der Waals surface area contributed by atoms with E-state index in [1.165, 1.54) is 48.5 Å². The van der Waals surface area contributed by atoms with Crippen molar-refractivity contribution in [3.63, 3.8) is 0 Å². The van der Waals surface area contributed by atoms with Crippen molar-refractivity contribution in [2.24, 2.45) is 0 Å². The Morgan fingerprint density at radius 1 is 1.07 bits per heavy atom. The Labute approximate surface area is 179 Å². The number of hydrogen-bond donors (Lipinski definition) is 2. The minimum atomic E-state index is -3.83. The number of anilines is 1. The van der Waals surface area contributed by atoms with Crippen LogP contribution in [-0.2, 0) is 16.4 Å². The molecule has 9 heteroatoms. The number of nitrogens with one attached hydrogen (secondary N) is 2. The Morgan fingerprint density at radius 3 is 2.40 bits per heavy atom. The number of nitrogens with zero attached hydrogens (tertiary/aromatic N) is 1. The molecule has 0 spiro atoms. The van der Waals surface area contributed by atoms with Crippen molar-refractivity contribution in [3.05, 3.63) is 76.0 Å². The minimum absolute atomic E-state index is 0.0158. The van der Waals surface area contributed by atoms with Gasteiger partial charge in [-0.25, -0.2) is 17.8 Å². The van der Waals surface area contributed by atoms with Gasteiger partial charge in [0.05, 0.1) is 9.90 Å². The summed E-state index contributed by atoms with van der Waals surface area (Å²) in [6.07, 6.45) is 2.65. The molecule has 1 amide bonds. The number of carbonyl (C=O) groups is 1. The normalized spacial score (nSPS) is 11.3. The average molecular weight is 448 g/mol. The smallest absolute Gasteiger partial charge is 0.261 e. The zero-order valence-corrected chi connectivity index (χ0v) is 18.0. The van der Waals surface area contributed by atoms with Gasteiger partial charge in [0.15, 0.2) is 0 Å². The molecule has 3 aromatic rings. The molecule has 2 aromatic carbocycles. The van der Waals surface area contributed by atoms with Crippen LogP contribution in [0.3, 0.4) is 0 Å². The lowest BCUT2D eigenvalue weighted by Gasteiger charge is -2.09. The van der Waals surface area contributed by atoms with Crippen molar-refractivity contribution in [1.29, 1.82) is 0 Å². The first-order valence-electron chi connectivity index (χ1n) is 9.41. The molecule has 0 saturated carbocycles. The number of carbonyl (C=O) groups excluding carboxylic acids is 1. The Hall–Kier alpha value is -2.78. The zero-order chi connectivity index (χ0) is 21.6. The summed E-state index contributed by atoms with van der Waals surface area (Å²) in [6, 6.07) is 10.7. The highest BCUT2D eigenvalue weighted by Crippen LogP contribution is 2.17. The molecule has 30 heavy (non-hydrogen) atoms. The van der Waals surface area contributed by atoms with Crippen LogP contribution in [0, 0.1) is 12.7 Å². The number of rotatable bonds is 9. The predicted molar refractivity (Wildman–Crippen MR) is 116 cm³/mol. The number of thiazole rings is 1. The van der Waals surface area contributed by atoms with E-state index in [9.17, 15) is 17.6 Å². The second-order valence-corrected chi connectivity index (χ2v) is 9.36. The molecule has 0 atom stereocenters. The summed E-state index contributed by atoms with van der Waals surface area (Å²) in [5.41, 5.74) is 1.67. The predicted octanol–water partition coefficient (Wildman–Crippen LogP) is 4.14. The van der Waals surface area contributed by atoms with Gasteiger partial charge in [-0.1, -0.05) is 0 Å². The largest absolute Gasteiger partial charge is 0.352 e. The van der Waals surface area contributed by atoms with Gasteiger partial charge in [-0.05, 0) is 74.7 Å². The number of aryl methyl sites for hydroxylation is 2. The van der Waals surface area contributed by atoms with E-state index in [0.717, 1.165) is 30.0 Å². The summed E-state index contributed by atoms with van der Waals surface area (Å²) in [5, 5.41) is 5.96. The van der Waals surface area contributed by atoms with Crippen LogP contribution >= 0.6 is 11.3 Å². The number of halogens is 1. The van der Waals surface area contributed by atoms with E-state index >= 15 is 0 Å². The first kappa shape index (κ1) is 21.9. The molecule has 0 aliphatic rings. The lowest BCUT2D eigenvalue weighted by Crippen LogP contribution is -2.24. The first-order chi connectivity index (χ1) is 14.3. The molecule has 1 aromatic heterocycles. The van der Waals surface area contributed by atoms with Gasteiger partial charge in [-0.2, -0.15) is 0 Å². The van der Waals surface area contributed by atoms with E-state index in [1.54, 1.807) is 11.3 Å². The van der Waals surface area contributed by atoms with Gasteiger partial charge in [-0.3, -0.25) is 9.52 Å². The third kappa shape index (κ3) is 6.11. The Bertz CT molecular complexity index is 1100. The monoisotopic (exact) mass is 447 g/mol. The molecule has 0 aliphatic heterocycles. The van der Waals surface area contributed by atoms with E-state index < -0.39 is 15.8 Å². The van der Waals surface area contributed by atoms with Crippen LogP contribution in [0.4, 0.5) is 10.1 Å². The van der Waals surface area contributed by atoms with Gasteiger partial charge in [0, 0.05) is 28.9 Å². The SMILES string of the molecule is Cc1csc(CCCCNC(=O)c2ccc(S(=O)(=O)Nc3ccc(F)cc3)cc2)n1. The topological polar surface area (TPSA) is 88.2 Å². The lowest BCUT2D eigenvalue weighted by molar-refractivity contribution is 0.0953. The number of aromatic nitrogens is 1. The summed E-state index contributed by atoms with van der Waals surface area (Å²) < 4.78 is 40.2. The molecule has 6 nitrogen and oxygen atoms in total. The van der Waals surface area contributed by atoms with Gasteiger partial charge in [0.25, 0.3) is 15.9 Å². The van der Waals surface area contributed by atoms with Crippen LogP contribution < -0.4 is 10.0 Å². The van der Waals surface area contributed by atoms with E-state index in [-0.39, 0.29) is 16.5 Å². The maximum atomic E-state index is 13.0. The van der Waals surface area contributed by atoms with Crippen LogP contribution in [0.25, 0.3) is 0 Å². The molecular weight excluding hydrogens is 425 g/mol. The molecule has 158 valence electrons. The van der Waals surface area contributed by atoms with Gasteiger partial charge in [-0.15, -0.1) is 11.3 Å². The summed E-state index contributed by atoms with van der Waals surface area (Å²) >= 11 is 1.65. The third-order valence-electron chi connectivity index (χ3n) is 4.29. The summed E-state index contributed by atoms with van der Waals surface area (Å²) in [5.74, 6) is -0.706. The van der Waals surface area contributed by atoms with Crippen molar-refractivity contribution in [1.82, 2.24) is 10.3 Å². The number of benzene rings is 2. The molecular formula is C21H22FN3O3S2. The second-order valence-electron chi connectivity index (χ2n) is 6.73. The highest BCUT2D eigenvalue weighted by molar-refractivity contribution is 7.92. The van der Waals surface area contributed by atoms with Crippen LogP contribution in [-0.4, -0.2) is 25.9 Å². The summed E-state index contributed by atoms with van der Waals surface area (Å²) in [7, 11) is -3.83. The maximum Gasteiger partial charge on any atom is 0.261 e. The van der Waals surface area contributed by atoms with E-state index in [4.69, 9.17) is 0 Å². The van der Waals surface area contributed by atoms with E-state index in [1.807, 2.05) is 12.3 Å². The number of amides is 1. The van der Waals surface area contributed by atoms with Crippen molar-refractivity contribution in [2.45, 2.75) is 31.1 Å². The summed E-state index contributed by atoms with van der Waals surface area (Å²) in [4.78, 5) is 16.7. The molecule has 3 rings (SSSR count). The molecule has 0 radical (unpaired) electrons. The summed E-state index contributed by atoms with van der Waals surface area (Å²) in [6.45, 7) is 2.50. The van der Waals surface area contributed by atoms with Gasteiger partial charge in [0.1, 0.15) is 5.82 Å². The van der Waals surface area contributed by atoms with Crippen molar-refractivity contribution in [2.75, 3.05) is 11.3 Å². The Kier molecular flexibility index (Phi) is 7.17. The molecule has 2 N–H and O–H groups in total. The molecule has 0 aliphatic carbocycles. The van der Waals surface area contributed by atoms with Crippen LogP contribution in [0.2, 0.25) is 0 Å². The highest BCUT2D eigenvalue weighted by atomic mass is 32.2. The zero-order valence-electron chi connectivity index (χ0n) is 16.4. The fourth-order valence-electron chi connectivity index (χ4n) is 2.74. The molecule has 0 bridgehead atoms. The first-order valence-corrected chi connectivity index (χ1v) is 11.8. The lowest BCUT2D eigenvalue weighted by atomic mass is 10.2. The number of unbranched alkanes of at least 4 members (excludes halogenated alkanes) is 1. The van der Waals surface area contributed by atoms with Crippen molar-refractivity contribution >= 4 is 33.0 Å². The fourth-order valence-corrected chi connectivity index (χ4v) is 4.62. The van der Waals surface area contributed by atoms with Crippen LogP contribution in [0.1, 0.15) is 33.9 Å². The fraction of sp³-hybridized carbons (Fsp3) is 0.238. The van der Waals surface area contributed by atoms with E-state index in [2.05, 4.69) is 15.0 Å². The van der Waals surface area contributed by atoms with Gasteiger partial charge in [0.2, 0.25) is 0 Å². The number of sulfonamides is 1. The van der Waals surface area contributed by atoms with Gasteiger partial charge >= 0.3 is 0 Å². The highest BCUT2D eigenvalue weighted by Gasteiger charge is 2.15. The van der Waals surface area contributed by atoms with Gasteiger partial charge < -0.3 is 5.32 Å². The minimum Gasteiger partial charge on any atom is -0.352 e. The molecule has 0 saturated heterocycles. The molecule has 1 heterocycles. The van der Waals surface area contributed by atoms with E-state index in [0.29, 0.717) is 12.1 Å². The van der Waals surface area contributed by atoms with Crippen LogP contribution in [0.5, 0.6) is 0 Å². The van der Waals surface area contributed by atoms with Crippen LogP contribution in [0.15, 0.2) is 58.8 Å². The molecule has 0 unspecified atom stereocenters. The van der Waals surface area contributed by atoms with Crippen molar-refractivity contribution < 1.29 is 17.6 Å². The standard InChI is InChI=1S/C21H22FN3O3S2/c1-15-14-29-20(24-15)4-2-3-13-23-21(26)16-5-11-19(12-6-16)30(27,28)25-18-9-7-17(22)8-10-18/h5-12,14,25H,2-4,13H2,1H3,(H,23,26). The number of hydrogen-bond acceptors (Lipinski definition) is 5.